The van der Waals surface area contributed by atoms with Gasteiger partial charge in [0.15, 0.2) is 6.10 Å². The van der Waals surface area contributed by atoms with Gasteiger partial charge in [-0.3, -0.25) is 4.79 Å². The van der Waals surface area contributed by atoms with E-state index in [0.717, 1.165) is 19.3 Å². The molecule has 0 spiro atoms. The van der Waals surface area contributed by atoms with E-state index < -0.39 is 0 Å². The maximum atomic E-state index is 11.0. The van der Waals surface area contributed by atoms with Crippen molar-refractivity contribution in [2.75, 3.05) is 5.33 Å². The molecule has 0 aromatic heterocycles. The molecule has 0 aromatic carbocycles. The third kappa shape index (κ3) is 6.17. The number of esters is 1. The third-order valence-corrected chi connectivity index (χ3v) is 2.75. The SMILES string of the molecule is CCCCC(C)(C)C(C#CCBr)OC(C)=O. The third-order valence-electron chi connectivity index (χ3n) is 2.47. The van der Waals surface area contributed by atoms with E-state index >= 15 is 0 Å². The fraction of sp³-hybridized carbons (Fsp3) is 0.769. The summed E-state index contributed by atoms with van der Waals surface area (Å²) < 4.78 is 5.28. The average Bonchev–Trinajstić information content (AvgIpc) is 2.20. The molecule has 0 radical (unpaired) electrons. The summed E-state index contributed by atoms with van der Waals surface area (Å²) in [5, 5.41) is 0.606. The van der Waals surface area contributed by atoms with E-state index in [0.29, 0.717) is 5.33 Å². The Hall–Kier alpha value is -0.490. The van der Waals surface area contributed by atoms with Crippen LogP contribution < -0.4 is 0 Å². The molecule has 0 saturated carbocycles. The second-order valence-electron chi connectivity index (χ2n) is 4.54. The number of carbonyl (C=O) groups excluding carboxylic acids is 1. The Kier molecular flexibility index (Phi) is 7.49. The lowest BCUT2D eigenvalue weighted by Crippen LogP contribution is -2.32. The number of carbonyl (C=O) groups is 1. The minimum absolute atomic E-state index is 0.0865. The monoisotopic (exact) mass is 288 g/mol. The van der Waals surface area contributed by atoms with Crippen LogP contribution in [0.1, 0.15) is 47.0 Å². The molecule has 0 fully saturated rings. The molecule has 0 bridgehead atoms. The van der Waals surface area contributed by atoms with Crippen LogP contribution in [0.25, 0.3) is 0 Å². The Morgan fingerprint density at radius 1 is 1.50 bits per heavy atom. The van der Waals surface area contributed by atoms with Gasteiger partial charge in [-0.2, -0.15) is 0 Å². The molecular weight excluding hydrogens is 268 g/mol. The number of hydrogen-bond donors (Lipinski definition) is 0. The van der Waals surface area contributed by atoms with Crippen LogP contribution >= 0.6 is 15.9 Å². The zero-order valence-electron chi connectivity index (χ0n) is 10.6. The molecule has 0 amide bonds. The van der Waals surface area contributed by atoms with Gasteiger partial charge in [-0.15, -0.1) is 0 Å². The molecule has 0 aliphatic rings. The van der Waals surface area contributed by atoms with Crippen LogP contribution in [0, 0.1) is 17.3 Å². The van der Waals surface area contributed by atoms with Crippen molar-refractivity contribution < 1.29 is 9.53 Å². The summed E-state index contributed by atoms with van der Waals surface area (Å²) >= 11 is 3.25. The average molecular weight is 289 g/mol. The number of alkyl halides is 1. The van der Waals surface area contributed by atoms with Crippen molar-refractivity contribution in [3.63, 3.8) is 0 Å². The van der Waals surface area contributed by atoms with Gasteiger partial charge in [0.2, 0.25) is 0 Å². The highest BCUT2D eigenvalue weighted by molar-refractivity contribution is 9.09. The Labute approximate surface area is 107 Å². The number of unbranched alkanes of at least 4 members (excludes halogenated alkanes) is 1. The summed E-state index contributed by atoms with van der Waals surface area (Å²) in [6, 6.07) is 0. The Balaban J connectivity index is 4.64. The maximum absolute atomic E-state index is 11.0. The number of halogens is 1. The van der Waals surface area contributed by atoms with Crippen molar-refractivity contribution >= 4 is 21.9 Å². The van der Waals surface area contributed by atoms with Gasteiger partial charge in [0, 0.05) is 12.3 Å². The van der Waals surface area contributed by atoms with E-state index in [4.69, 9.17) is 4.74 Å². The molecule has 3 heteroatoms. The minimum atomic E-state index is -0.311. The highest BCUT2D eigenvalue weighted by Gasteiger charge is 2.30. The largest absolute Gasteiger partial charge is 0.449 e. The van der Waals surface area contributed by atoms with Gasteiger partial charge in [-0.1, -0.05) is 61.4 Å². The highest BCUT2D eigenvalue weighted by Crippen LogP contribution is 2.29. The van der Waals surface area contributed by atoms with E-state index in [2.05, 4.69) is 48.5 Å². The first-order chi connectivity index (χ1) is 7.44. The van der Waals surface area contributed by atoms with E-state index in [9.17, 15) is 4.79 Å². The van der Waals surface area contributed by atoms with E-state index in [1.165, 1.54) is 6.92 Å². The molecule has 92 valence electrons. The second kappa shape index (κ2) is 7.73. The molecule has 0 rings (SSSR count). The van der Waals surface area contributed by atoms with Gasteiger partial charge >= 0.3 is 5.97 Å². The van der Waals surface area contributed by atoms with Crippen LogP contribution in [-0.4, -0.2) is 17.4 Å². The van der Waals surface area contributed by atoms with Crippen molar-refractivity contribution in [1.29, 1.82) is 0 Å². The lowest BCUT2D eigenvalue weighted by molar-refractivity contribution is -0.148. The van der Waals surface area contributed by atoms with Crippen LogP contribution in [0.5, 0.6) is 0 Å². The number of ether oxygens (including phenoxy) is 1. The molecule has 0 aliphatic heterocycles. The molecule has 0 aliphatic carbocycles. The first-order valence-corrected chi connectivity index (χ1v) is 6.77. The molecular formula is C13H21BrO2. The molecule has 0 aromatic rings. The van der Waals surface area contributed by atoms with Gasteiger partial charge in [-0.25, -0.2) is 0 Å². The second-order valence-corrected chi connectivity index (χ2v) is 5.10. The topological polar surface area (TPSA) is 26.3 Å². The zero-order chi connectivity index (χ0) is 12.6. The van der Waals surface area contributed by atoms with Crippen molar-refractivity contribution in [2.45, 2.75) is 53.1 Å². The Morgan fingerprint density at radius 3 is 2.56 bits per heavy atom. The normalized spacial score (nSPS) is 12.6. The van der Waals surface area contributed by atoms with E-state index in [1.54, 1.807) is 0 Å². The van der Waals surface area contributed by atoms with Crippen LogP contribution in [0.2, 0.25) is 0 Å². The molecule has 16 heavy (non-hydrogen) atoms. The van der Waals surface area contributed by atoms with Crippen LogP contribution in [0.4, 0.5) is 0 Å². The van der Waals surface area contributed by atoms with Gasteiger partial charge in [0.1, 0.15) is 0 Å². The summed E-state index contributed by atoms with van der Waals surface area (Å²) in [4.78, 5) is 11.0. The fourth-order valence-electron chi connectivity index (χ4n) is 1.45. The summed E-state index contributed by atoms with van der Waals surface area (Å²) in [6.07, 6.45) is 2.97. The molecule has 0 heterocycles. The summed E-state index contributed by atoms with van der Waals surface area (Å²) in [7, 11) is 0. The summed E-state index contributed by atoms with van der Waals surface area (Å²) in [5.41, 5.74) is -0.0865. The molecule has 1 unspecified atom stereocenters. The van der Waals surface area contributed by atoms with Crippen molar-refractivity contribution in [3.05, 3.63) is 0 Å². The van der Waals surface area contributed by atoms with Crippen LogP contribution in [0.3, 0.4) is 0 Å². The highest BCUT2D eigenvalue weighted by atomic mass is 79.9. The fourth-order valence-corrected chi connectivity index (χ4v) is 1.61. The first kappa shape index (κ1) is 15.5. The van der Waals surface area contributed by atoms with Gasteiger partial charge < -0.3 is 4.74 Å². The predicted octanol–water partition coefficient (Wildman–Crippen LogP) is 3.53. The lowest BCUT2D eigenvalue weighted by Gasteiger charge is -2.30. The first-order valence-electron chi connectivity index (χ1n) is 5.65. The molecule has 0 N–H and O–H groups in total. The lowest BCUT2D eigenvalue weighted by atomic mass is 9.81. The van der Waals surface area contributed by atoms with Crippen molar-refractivity contribution in [1.82, 2.24) is 0 Å². The smallest absolute Gasteiger partial charge is 0.303 e. The van der Waals surface area contributed by atoms with Crippen LogP contribution in [-0.2, 0) is 9.53 Å². The number of hydrogen-bond acceptors (Lipinski definition) is 2. The standard InChI is InChI=1S/C13H21BrO2/c1-5-6-9-13(3,4)12(8-7-10-14)16-11(2)15/h12H,5-6,9-10H2,1-4H3. The van der Waals surface area contributed by atoms with Gasteiger partial charge in [0.05, 0.1) is 5.33 Å². The van der Waals surface area contributed by atoms with Crippen LogP contribution in [0.15, 0.2) is 0 Å². The van der Waals surface area contributed by atoms with E-state index in [-0.39, 0.29) is 17.5 Å². The van der Waals surface area contributed by atoms with E-state index in [1.807, 2.05) is 0 Å². The van der Waals surface area contributed by atoms with Crippen molar-refractivity contribution in [2.24, 2.45) is 5.41 Å². The molecule has 0 saturated heterocycles. The zero-order valence-corrected chi connectivity index (χ0v) is 12.2. The number of rotatable bonds is 5. The minimum Gasteiger partial charge on any atom is -0.449 e. The van der Waals surface area contributed by atoms with Crippen molar-refractivity contribution in [3.8, 4) is 11.8 Å². The maximum Gasteiger partial charge on any atom is 0.303 e. The van der Waals surface area contributed by atoms with Gasteiger partial charge in [-0.05, 0) is 6.42 Å². The summed E-state index contributed by atoms with van der Waals surface area (Å²) in [6.45, 7) is 7.78. The van der Waals surface area contributed by atoms with Gasteiger partial charge in [0.25, 0.3) is 0 Å². The molecule has 1 atom stereocenters. The molecule has 2 nitrogen and oxygen atoms in total. The quantitative estimate of drug-likeness (QED) is 0.439. The Bertz CT molecular complexity index is 273. The summed E-state index contributed by atoms with van der Waals surface area (Å²) in [5.74, 6) is 5.67. The Morgan fingerprint density at radius 2 is 2.12 bits per heavy atom. The predicted molar refractivity (Wildman–Crippen MR) is 70.4 cm³/mol.